The van der Waals surface area contributed by atoms with E-state index < -0.39 is 41.9 Å². The van der Waals surface area contributed by atoms with Gasteiger partial charge in [-0.25, -0.2) is 4.39 Å². The van der Waals surface area contributed by atoms with Gasteiger partial charge in [0.25, 0.3) is 0 Å². The number of nitrogens with one attached hydrogen (secondary N) is 3. The monoisotopic (exact) mass is 551 g/mol. The van der Waals surface area contributed by atoms with Gasteiger partial charge in [-0.3, -0.25) is 9.59 Å². The van der Waals surface area contributed by atoms with Crippen LogP contribution < -0.4 is 16.0 Å². The average molecular weight is 552 g/mol. The minimum Gasteiger partial charge on any atom is -0.394 e. The van der Waals surface area contributed by atoms with Crippen molar-refractivity contribution < 1.29 is 24.2 Å². The molecule has 2 aromatic carbocycles. The standard InChI is InChI=1S/C27H32Cl2FN3O4/c1-14(2)6-7-22-27(18-11-20(30)19(29)12-21(18)32-26(27)37)23(15-4-3-5-16(28)10-15)24(33-22)25(36)31-9-8-17(35)13-34/h3-5,10-12,14,17,22-24,33-35H,6-9,13H2,1-2H3,(H,31,36)(H,32,37)/t17-,22+,23-,24+,27-/m0/s1. The highest BCUT2D eigenvalue weighted by Crippen LogP contribution is 2.56. The van der Waals surface area contributed by atoms with Crippen LogP contribution in [0.2, 0.25) is 10.0 Å². The molecule has 200 valence electrons. The number of rotatable bonds is 9. The highest BCUT2D eigenvalue weighted by Gasteiger charge is 2.65. The Morgan fingerprint density at radius 3 is 2.65 bits per heavy atom. The third kappa shape index (κ3) is 5.22. The summed E-state index contributed by atoms with van der Waals surface area (Å²) in [5.41, 5.74) is 0.247. The Morgan fingerprint density at radius 2 is 1.97 bits per heavy atom. The van der Waals surface area contributed by atoms with Crippen LogP contribution in [0.1, 0.15) is 50.2 Å². The van der Waals surface area contributed by atoms with Crippen LogP contribution in [-0.2, 0) is 15.0 Å². The number of amides is 2. The summed E-state index contributed by atoms with van der Waals surface area (Å²) < 4.78 is 14.9. The number of fused-ring (bicyclic) bond motifs is 2. The molecule has 1 saturated heterocycles. The molecule has 4 rings (SSSR count). The van der Waals surface area contributed by atoms with Gasteiger partial charge in [0.15, 0.2) is 0 Å². The van der Waals surface area contributed by atoms with E-state index in [9.17, 15) is 19.1 Å². The van der Waals surface area contributed by atoms with Crippen molar-refractivity contribution in [3.8, 4) is 0 Å². The molecule has 2 aliphatic heterocycles. The van der Waals surface area contributed by atoms with Crippen LogP contribution in [0.25, 0.3) is 0 Å². The average Bonchev–Trinajstić information content (AvgIpc) is 3.33. The Bertz CT molecular complexity index is 1180. The predicted octanol–water partition coefficient (Wildman–Crippen LogP) is 3.74. The van der Waals surface area contributed by atoms with Crippen LogP contribution in [0.4, 0.5) is 10.1 Å². The molecule has 37 heavy (non-hydrogen) atoms. The summed E-state index contributed by atoms with van der Waals surface area (Å²) in [6.07, 6.45) is 0.563. The zero-order valence-corrected chi connectivity index (χ0v) is 22.2. The normalized spacial score (nSPS) is 25.4. The van der Waals surface area contributed by atoms with Crippen LogP contribution in [0, 0.1) is 11.7 Å². The zero-order chi connectivity index (χ0) is 26.9. The molecular formula is C27H32Cl2FN3O4. The van der Waals surface area contributed by atoms with Gasteiger partial charge < -0.3 is 26.2 Å². The van der Waals surface area contributed by atoms with E-state index in [1.165, 1.54) is 12.1 Å². The minimum atomic E-state index is -1.30. The molecular weight excluding hydrogens is 520 g/mol. The number of carbonyl (C=O) groups is 2. The molecule has 5 N–H and O–H groups in total. The van der Waals surface area contributed by atoms with Crippen molar-refractivity contribution in [2.45, 2.75) is 62.6 Å². The van der Waals surface area contributed by atoms with Crippen molar-refractivity contribution >= 4 is 40.7 Å². The highest BCUT2D eigenvalue weighted by atomic mass is 35.5. The molecule has 0 bridgehead atoms. The van der Waals surface area contributed by atoms with E-state index in [4.69, 9.17) is 28.3 Å². The fourth-order valence-electron chi connectivity index (χ4n) is 5.68. The van der Waals surface area contributed by atoms with E-state index in [-0.39, 0.29) is 29.8 Å². The Hall–Kier alpha value is -2.23. The quantitative estimate of drug-likeness (QED) is 0.326. The van der Waals surface area contributed by atoms with Gasteiger partial charge in [-0.05, 0) is 60.6 Å². The Labute approximate surface area is 225 Å². The molecule has 2 aromatic rings. The molecule has 2 amide bonds. The first-order valence-electron chi connectivity index (χ1n) is 12.5. The van der Waals surface area contributed by atoms with Crippen LogP contribution in [0.5, 0.6) is 0 Å². The van der Waals surface area contributed by atoms with E-state index >= 15 is 0 Å². The molecule has 2 heterocycles. The van der Waals surface area contributed by atoms with Crippen LogP contribution >= 0.6 is 23.2 Å². The first-order chi connectivity index (χ1) is 17.6. The van der Waals surface area contributed by atoms with E-state index in [1.807, 2.05) is 6.07 Å². The highest BCUT2D eigenvalue weighted by molar-refractivity contribution is 6.31. The third-order valence-electron chi connectivity index (χ3n) is 7.39. The number of hydrogen-bond donors (Lipinski definition) is 5. The summed E-state index contributed by atoms with van der Waals surface area (Å²) in [7, 11) is 0. The second-order valence-corrected chi connectivity index (χ2v) is 11.1. The van der Waals surface area contributed by atoms with E-state index in [1.54, 1.807) is 18.2 Å². The number of carbonyl (C=O) groups excluding carboxylic acids is 2. The number of anilines is 1. The molecule has 0 saturated carbocycles. The number of benzene rings is 2. The molecule has 5 atom stereocenters. The van der Waals surface area contributed by atoms with Crippen molar-refractivity contribution in [3.63, 3.8) is 0 Å². The van der Waals surface area contributed by atoms with Crippen molar-refractivity contribution in [1.29, 1.82) is 0 Å². The Morgan fingerprint density at radius 1 is 1.22 bits per heavy atom. The molecule has 0 radical (unpaired) electrons. The van der Waals surface area contributed by atoms with Crippen molar-refractivity contribution in [2.75, 3.05) is 18.5 Å². The summed E-state index contributed by atoms with van der Waals surface area (Å²) >= 11 is 12.4. The van der Waals surface area contributed by atoms with E-state index in [0.717, 1.165) is 6.42 Å². The molecule has 1 spiro atoms. The van der Waals surface area contributed by atoms with Gasteiger partial charge in [-0.15, -0.1) is 0 Å². The predicted molar refractivity (Wildman–Crippen MR) is 141 cm³/mol. The van der Waals surface area contributed by atoms with Gasteiger partial charge in [0.05, 0.1) is 23.8 Å². The second kappa shape index (κ2) is 11.3. The topological polar surface area (TPSA) is 111 Å². The van der Waals surface area contributed by atoms with Crippen molar-refractivity contribution in [1.82, 2.24) is 10.6 Å². The number of hydrogen-bond acceptors (Lipinski definition) is 5. The molecule has 0 aliphatic carbocycles. The fraction of sp³-hybridized carbons (Fsp3) is 0.481. The fourth-order valence-corrected chi connectivity index (χ4v) is 6.04. The summed E-state index contributed by atoms with van der Waals surface area (Å²) in [4.78, 5) is 27.5. The second-order valence-electron chi connectivity index (χ2n) is 10.3. The van der Waals surface area contributed by atoms with Gasteiger partial charge in [-0.2, -0.15) is 0 Å². The van der Waals surface area contributed by atoms with Gasteiger partial charge in [0.1, 0.15) is 11.2 Å². The Kier molecular flexibility index (Phi) is 8.45. The first kappa shape index (κ1) is 27.8. The largest absolute Gasteiger partial charge is 0.394 e. The molecule has 2 aliphatic rings. The molecule has 1 fully saturated rings. The van der Waals surface area contributed by atoms with Crippen molar-refractivity contribution in [2.24, 2.45) is 5.92 Å². The van der Waals surface area contributed by atoms with Gasteiger partial charge >= 0.3 is 0 Å². The summed E-state index contributed by atoms with van der Waals surface area (Å²) in [6, 6.07) is 8.40. The number of halogens is 3. The molecule has 0 aromatic heterocycles. The SMILES string of the molecule is CC(C)CC[C@H]1N[C@@H](C(=O)NCC[C@H](O)CO)[C@H](c2cccc(Cl)c2)[C@@]12C(=O)Nc1cc(Cl)c(F)cc12. The van der Waals surface area contributed by atoms with Gasteiger partial charge in [0, 0.05) is 29.2 Å². The summed E-state index contributed by atoms with van der Waals surface area (Å²) in [5, 5.41) is 28.3. The lowest BCUT2D eigenvalue weighted by Gasteiger charge is -2.35. The maximum absolute atomic E-state index is 14.9. The third-order valence-corrected chi connectivity index (χ3v) is 7.92. The van der Waals surface area contributed by atoms with Crippen molar-refractivity contribution in [3.05, 3.63) is 63.4 Å². The van der Waals surface area contributed by atoms with Crippen LogP contribution in [-0.4, -0.2) is 53.4 Å². The lowest BCUT2D eigenvalue weighted by molar-refractivity contribution is -0.124. The lowest BCUT2D eigenvalue weighted by atomic mass is 9.64. The maximum Gasteiger partial charge on any atom is 0.237 e. The number of aliphatic hydroxyl groups excluding tert-OH is 2. The molecule has 7 nitrogen and oxygen atoms in total. The molecule has 10 heteroatoms. The van der Waals surface area contributed by atoms with Crippen LogP contribution in [0.3, 0.4) is 0 Å². The molecule has 0 unspecified atom stereocenters. The van der Waals surface area contributed by atoms with Gasteiger partial charge in [0.2, 0.25) is 11.8 Å². The minimum absolute atomic E-state index is 0.100. The smallest absolute Gasteiger partial charge is 0.237 e. The summed E-state index contributed by atoms with van der Waals surface area (Å²) in [6.45, 7) is 3.88. The number of aliphatic hydroxyl groups is 2. The van der Waals surface area contributed by atoms with E-state index in [2.05, 4.69) is 29.8 Å². The first-order valence-corrected chi connectivity index (χ1v) is 13.2. The maximum atomic E-state index is 14.9. The zero-order valence-electron chi connectivity index (χ0n) is 20.7. The van der Waals surface area contributed by atoms with E-state index in [0.29, 0.717) is 34.2 Å². The van der Waals surface area contributed by atoms with Crippen LogP contribution in [0.15, 0.2) is 36.4 Å². The van der Waals surface area contributed by atoms with Gasteiger partial charge in [-0.1, -0.05) is 49.2 Å². The lowest BCUT2D eigenvalue weighted by Crippen LogP contribution is -2.48. The summed E-state index contributed by atoms with van der Waals surface area (Å²) in [5.74, 6) is -1.72. The Balaban J connectivity index is 1.85.